The molecule has 2 aromatic rings. The van der Waals surface area contributed by atoms with Crippen LogP contribution in [0.15, 0.2) is 47.6 Å². The van der Waals surface area contributed by atoms with Crippen LogP contribution in [0.3, 0.4) is 0 Å². The number of anilines is 1. The minimum Gasteiger partial charge on any atom is -0.497 e. The maximum absolute atomic E-state index is 11.9. The van der Waals surface area contributed by atoms with Crippen LogP contribution in [0.5, 0.6) is 5.75 Å². The number of hydrogen-bond donors (Lipinski definition) is 2. The zero-order valence-electron chi connectivity index (χ0n) is 14.5. The number of methoxy groups -OCH3 is 1. The topological polar surface area (TPSA) is 62.7 Å². The van der Waals surface area contributed by atoms with Crippen molar-refractivity contribution in [1.29, 1.82) is 0 Å². The van der Waals surface area contributed by atoms with Gasteiger partial charge in [0.2, 0.25) is 0 Å². The van der Waals surface area contributed by atoms with Crippen LogP contribution in [0.25, 0.3) is 0 Å². The van der Waals surface area contributed by atoms with E-state index in [1.807, 2.05) is 57.2 Å². The van der Waals surface area contributed by atoms with Crippen molar-refractivity contribution < 1.29 is 9.53 Å². The van der Waals surface area contributed by atoms with E-state index in [0.717, 1.165) is 28.3 Å². The molecule has 0 aliphatic carbocycles. The van der Waals surface area contributed by atoms with Crippen LogP contribution in [-0.4, -0.2) is 25.3 Å². The van der Waals surface area contributed by atoms with E-state index < -0.39 is 0 Å². The van der Waals surface area contributed by atoms with Crippen LogP contribution in [-0.2, 0) is 4.79 Å². The predicted molar refractivity (Wildman–Crippen MR) is 97.8 cm³/mol. The lowest BCUT2D eigenvalue weighted by Crippen LogP contribution is -2.27. The lowest BCUT2D eigenvalue weighted by atomic mass is 10.1. The average Bonchev–Trinajstić information content (AvgIpc) is 2.59. The Morgan fingerprint density at radius 3 is 2.46 bits per heavy atom. The molecule has 0 radical (unpaired) electrons. The first-order chi connectivity index (χ1) is 11.5. The summed E-state index contributed by atoms with van der Waals surface area (Å²) in [6.45, 7) is 6.07. The van der Waals surface area contributed by atoms with Gasteiger partial charge in [0, 0.05) is 5.69 Å². The summed E-state index contributed by atoms with van der Waals surface area (Å²) in [7, 11) is 1.62. The molecule has 0 saturated carbocycles. The van der Waals surface area contributed by atoms with Gasteiger partial charge in [-0.2, -0.15) is 5.10 Å². The van der Waals surface area contributed by atoms with Crippen molar-refractivity contribution >= 4 is 17.3 Å². The summed E-state index contributed by atoms with van der Waals surface area (Å²) in [5, 5.41) is 7.26. The van der Waals surface area contributed by atoms with Gasteiger partial charge in [-0.1, -0.05) is 17.7 Å². The van der Waals surface area contributed by atoms with Crippen molar-refractivity contribution in [2.24, 2.45) is 5.10 Å². The van der Waals surface area contributed by atoms with Gasteiger partial charge < -0.3 is 10.1 Å². The summed E-state index contributed by atoms with van der Waals surface area (Å²) in [4.78, 5) is 11.9. The molecule has 24 heavy (non-hydrogen) atoms. The second kappa shape index (κ2) is 8.15. The molecule has 0 fully saturated rings. The molecule has 126 valence electrons. The number of hydrogen-bond acceptors (Lipinski definition) is 4. The van der Waals surface area contributed by atoms with E-state index in [2.05, 4.69) is 21.9 Å². The molecule has 0 spiro atoms. The largest absolute Gasteiger partial charge is 0.497 e. The van der Waals surface area contributed by atoms with Crippen LogP contribution in [0, 0.1) is 13.8 Å². The molecule has 0 atom stereocenters. The number of amides is 1. The Morgan fingerprint density at radius 1 is 1.12 bits per heavy atom. The number of ether oxygens (including phenoxy) is 1. The number of benzene rings is 2. The lowest BCUT2D eigenvalue weighted by molar-refractivity contribution is -0.119. The number of nitrogens with one attached hydrogen (secondary N) is 2. The molecular formula is C19H23N3O2. The molecule has 0 aliphatic rings. The summed E-state index contributed by atoms with van der Waals surface area (Å²) in [5.74, 6) is 0.594. The fourth-order valence-corrected chi connectivity index (χ4v) is 2.27. The Bertz CT molecular complexity index is 737. The van der Waals surface area contributed by atoms with Gasteiger partial charge in [0.15, 0.2) is 0 Å². The highest BCUT2D eigenvalue weighted by Gasteiger charge is 2.04. The monoisotopic (exact) mass is 325 g/mol. The molecule has 2 aromatic carbocycles. The average molecular weight is 325 g/mol. The minimum absolute atomic E-state index is 0.170. The summed E-state index contributed by atoms with van der Waals surface area (Å²) in [6.07, 6.45) is 0. The molecule has 5 nitrogen and oxygen atoms in total. The van der Waals surface area contributed by atoms with E-state index in [0.29, 0.717) is 0 Å². The Kier molecular flexibility index (Phi) is 5.95. The molecule has 0 aliphatic heterocycles. The highest BCUT2D eigenvalue weighted by atomic mass is 16.5. The van der Waals surface area contributed by atoms with Gasteiger partial charge in [0.25, 0.3) is 5.91 Å². The molecular weight excluding hydrogens is 302 g/mol. The predicted octanol–water partition coefficient (Wildman–Crippen LogP) is 3.26. The van der Waals surface area contributed by atoms with Gasteiger partial charge >= 0.3 is 0 Å². The van der Waals surface area contributed by atoms with Crippen molar-refractivity contribution in [3.63, 3.8) is 0 Å². The molecule has 2 N–H and O–H groups in total. The highest BCUT2D eigenvalue weighted by Crippen LogP contribution is 2.15. The standard InChI is InChI=1S/C19H23N3O2/c1-13-5-10-18(14(2)11-13)20-12-19(23)22-21-15(3)16-6-8-17(24-4)9-7-16/h5-11,20H,12H2,1-4H3,(H,22,23)/b21-15+. The van der Waals surface area contributed by atoms with Gasteiger partial charge in [-0.15, -0.1) is 0 Å². The third kappa shape index (κ3) is 4.84. The Balaban J connectivity index is 1.89. The lowest BCUT2D eigenvalue weighted by Gasteiger charge is -2.09. The fraction of sp³-hybridized carbons (Fsp3) is 0.263. The van der Waals surface area contributed by atoms with Crippen molar-refractivity contribution in [2.45, 2.75) is 20.8 Å². The number of carbonyl (C=O) groups is 1. The smallest absolute Gasteiger partial charge is 0.259 e. The van der Waals surface area contributed by atoms with E-state index in [1.54, 1.807) is 7.11 Å². The summed E-state index contributed by atoms with van der Waals surface area (Å²) in [6, 6.07) is 13.6. The highest BCUT2D eigenvalue weighted by molar-refractivity contribution is 5.99. The molecule has 2 rings (SSSR count). The quantitative estimate of drug-likeness (QED) is 0.633. The van der Waals surface area contributed by atoms with E-state index in [-0.39, 0.29) is 12.5 Å². The Labute approximate surface area is 142 Å². The molecule has 0 heterocycles. The first-order valence-corrected chi connectivity index (χ1v) is 7.78. The second-order valence-corrected chi connectivity index (χ2v) is 5.63. The van der Waals surface area contributed by atoms with Crippen molar-refractivity contribution in [3.05, 3.63) is 59.2 Å². The van der Waals surface area contributed by atoms with E-state index >= 15 is 0 Å². The SMILES string of the molecule is COc1ccc(/C(C)=N/NC(=O)CNc2ccc(C)cc2C)cc1. The number of aryl methyl sites for hydroxylation is 2. The fourth-order valence-electron chi connectivity index (χ4n) is 2.27. The third-order valence-corrected chi connectivity index (χ3v) is 3.68. The summed E-state index contributed by atoms with van der Waals surface area (Å²) >= 11 is 0. The van der Waals surface area contributed by atoms with Gasteiger partial charge in [-0.3, -0.25) is 4.79 Å². The number of hydrazone groups is 1. The van der Waals surface area contributed by atoms with Gasteiger partial charge in [-0.25, -0.2) is 5.43 Å². The maximum atomic E-state index is 11.9. The van der Waals surface area contributed by atoms with Gasteiger partial charge in [-0.05, 0) is 62.2 Å². The molecule has 5 heteroatoms. The molecule has 0 aromatic heterocycles. The van der Waals surface area contributed by atoms with Gasteiger partial charge in [0.05, 0.1) is 19.4 Å². The third-order valence-electron chi connectivity index (χ3n) is 3.68. The second-order valence-electron chi connectivity index (χ2n) is 5.63. The van der Waals surface area contributed by atoms with Crippen LogP contribution >= 0.6 is 0 Å². The summed E-state index contributed by atoms with van der Waals surface area (Å²) < 4.78 is 5.12. The van der Waals surface area contributed by atoms with Crippen LogP contribution in [0.2, 0.25) is 0 Å². The molecule has 0 unspecified atom stereocenters. The van der Waals surface area contributed by atoms with E-state index in [9.17, 15) is 4.79 Å². The van der Waals surface area contributed by atoms with Gasteiger partial charge in [0.1, 0.15) is 5.75 Å². The van der Waals surface area contributed by atoms with Crippen molar-refractivity contribution in [3.8, 4) is 5.75 Å². The van der Waals surface area contributed by atoms with E-state index in [4.69, 9.17) is 4.74 Å². The Morgan fingerprint density at radius 2 is 1.83 bits per heavy atom. The maximum Gasteiger partial charge on any atom is 0.259 e. The molecule has 1 amide bonds. The Hall–Kier alpha value is -2.82. The minimum atomic E-state index is -0.192. The molecule has 0 bridgehead atoms. The van der Waals surface area contributed by atoms with Crippen molar-refractivity contribution in [1.82, 2.24) is 5.43 Å². The van der Waals surface area contributed by atoms with Crippen LogP contribution in [0.1, 0.15) is 23.6 Å². The van der Waals surface area contributed by atoms with Crippen LogP contribution in [0.4, 0.5) is 5.69 Å². The zero-order valence-corrected chi connectivity index (χ0v) is 14.5. The first-order valence-electron chi connectivity index (χ1n) is 7.78. The zero-order chi connectivity index (χ0) is 17.5. The van der Waals surface area contributed by atoms with Crippen molar-refractivity contribution in [2.75, 3.05) is 19.0 Å². The summed E-state index contributed by atoms with van der Waals surface area (Å²) in [5.41, 5.74) is 7.49. The first kappa shape index (κ1) is 17.5. The number of nitrogens with zero attached hydrogens (tertiary/aromatic N) is 1. The van der Waals surface area contributed by atoms with E-state index in [1.165, 1.54) is 5.56 Å². The normalized spacial score (nSPS) is 11.1. The number of rotatable bonds is 6. The number of carbonyl (C=O) groups excluding carboxylic acids is 1. The molecule has 0 saturated heterocycles. The van der Waals surface area contributed by atoms with Crippen LogP contribution < -0.4 is 15.5 Å².